The maximum absolute atomic E-state index is 12.5. The molecule has 2 amide bonds. The average molecular weight is 414 g/mol. The molecule has 2 fully saturated rings. The minimum absolute atomic E-state index is 0.108. The first-order valence-corrected chi connectivity index (χ1v) is 11.6. The summed E-state index contributed by atoms with van der Waals surface area (Å²) in [7, 11) is 0. The monoisotopic (exact) mass is 413 g/mol. The lowest BCUT2D eigenvalue weighted by Crippen LogP contribution is -2.42. The summed E-state index contributed by atoms with van der Waals surface area (Å²) in [6.45, 7) is 6.89. The number of nitrogens with zero attached hydrogens (tertiary/aromatic N) is 2. The molecule has 0 bridgehead atoms. The van der Waals surface area contributed by atoms with Gasteiger partial charge < -0.3 is 15.0 Å². The fourth-order valence-corrected chi connectivity index (χ4v) is 4.55. The first kappa shape index (κ1) is 21.2. The maximum atomic E-state index is 12.5. The van der Waals surface area contributed by atoms with Crippen LogP contribution in [0.4, 0.5) is 0 Å². The number of carbonyl (C=O) groups excluding carboxylic acids is 2. The van der Waals surface area contributed by atoms with Crippen molar-refractivity contribution in [3.63, 3.8) is 0 Å². The van der Waals surface area contributed by atoms with Crippen molar-refractivity contribution >= 4 is 11.8 Å². The van der Waals surface area contributed by atoms with E-state index < -0.39 is 0 Å². The summed E-state index contributed by atoms with van der Waals surface area (Å²) in [5.41, 5.74) is 2.18. The Kier molecular flexibility index (Phi) is 6.93. The summed E-state index contributed by atoms with van der Waals surface area (Å²) >= 11 is 0. The van der Waals surface area contributed by atoms with Gasteiger partial charge in [-0.25, -0.2) is 0 Å². The van der Waals surface area contributed by atoms with Crippen LogP contribution in [-0.2, 0) is 22.6 Å². The van der Waals surface area contributed by atoms with Crippen LogP contribution in [0.25, 0.3) is 0 Å². The Morgan fingerprint density at radius 1 is 1.17 bits per heavy atom. The third-order valence-corrected chi connectivity index (χ3v) is 6.65. The second-order valence-electron chi connectivity index (χ2n) is 9.06. The second-order valence-corrected chi connectivity index (χ2v) is 9.06. The van der Waals surface area contributed by atoms with Crippen LogP contribution in [0.15, 0.2) is 18.2 Å². The number of rotatable bonds is 7. The molecule has 2 aliphatic heterocycles. The third-order valence-electron chi connectivity index (χ3n) is 6.65. The van der Waals surface area contributed by atoms with E-state index in [4.69, 9.17) is 4.74 Å². The van der Waals surface area contributed by atoms with Crippen molar-refractivity contribution in [1.82, 2.24) is 15.1 Å². The van der Waals surface area contributed by atoms with Gasteiger partial charge in [0.25, 0.3) is 0 Å². The Bertz CT molecular complexity index is 762. The van der Waals surface area contributed by atoms with Crippen molar-refractivity contribution in [3.8, 4) is 5.75 Å². The highest BCUT2D eigenvalue weighted by Crippen LogP contribution is 2.33. The average Bonchev–Trinajstić information content (AvgIpc) is 3.60. The van der Waals surface area contributed by atoms with Gasteiger partial charge in [-0.1, -0.05) is 18.6 Å². The molecule has 1 aliphatic carbocycles. The van der Waals surface area contributed by atoms with E-state index in [9.17, 15) is 9.59 Å². The number of likely N-dealkylation sites (tertiary alicyclic amines) is 1. The van der Waals surface area contributed by atoms with E-state index >= 15 is 0 Å². The molecule has 164 valence electrons. The number of nitrogens with one attached hydrogen (secondary N) is 1. The number of carbonyl (C=O) groups is 2. The van der Waals surface area contributed by atoms with Crippen LogP contribution in [0.3, 0.4) is 0 Å². The Morgan fingerprint density at radius 2 is 2.03 bits per heavy atom. The Labute approximate surface area is 179 Å². The summed E-state index contributed by atoms with van der Waals surface area (Å²) in [4.78, 5) is 29.2. The highest BCUT2D eigenvalue weighted by Gasteiger charge is 2.34. The molecule has 0 radical (unpaired) electrons. The number of ether oxygens (including phenoxy) is 1. The number of fused-ring (bicyclic) bond motifs is 1. The molecule has 1 saturated heterocycles. The summed E-state index contributed by atoms with van der Waals surface area (Å²) in [6, 6.07) is 6.77. The number of hydrogen-bond donors (Lipinski definition) is 1. The van der Waals surface area contributed by atoms with E-state index in [1.807, 2.05) is 17.0 Å². The molecule has 3 aliphatic rings. The van der Waals surface area contributed by atoms with Gasteiger partial charge in [0.2, 0.25) is 11.8 Å². The minimum atomic E-state index is 0.108. The van der Waals surface area contributed by atoms with E-state index in [2.05, 4.69) is 23.2 Å². The van der Waals surface area contributed by atoms with Gasteiger partial charge in [0.15, 0.2) is 0 Å². The first-order chi connectivity index (χ1) is 14.6. The zero-order valence-corrected chi connectivity index (χ0v) is 18.2. The third kappa shape index (κ3) is 5.54. The highest BCUT2D eigenvalue weighted by molar-refractivity contribution is 5.81. The summed E-state index contributed by atoms with van der Waals surface area (Å²) in [6.07, 6.45) is 7.09. The second kappa shape index (κ2) is 9.82. The zero-order valence-electron chi connectivity index (χ0n) is 18.2. The predicted molar refractivity (Wildman–Crippen MR) is 116 cm³/mol. The lowest BCUT2D eigenvalue weighted by Gasteiger charge is -2.33. The standard InChI is InChI=1S/C24H35N3O3/c1-18-4-2-3-12-26(18)13-11-25-23(28)10-6-19-5-9-22-21(16-19)17-27(14-15-30-22)24(29)20-7-8-20/h5,9,16,18,20H,2-4,6-8,10-15,17H2,1H3,(H,25,28). The molecule has 4 rings (SSSR count). The fourth-order valence-electron chi connectivity index (χ4n) is 4.55. The molecule has 30 heavy (non-hydrogen) atoms. The Hall–Kier alpha value is -2.08. The van der Waals surface area contributed by atoms with Crippen LogP contribution in [0, 0.1) is 5.92 Å². The summed E-state index contributed by atoms with van der Waals surface area (Å²) in [5.74, 6) is 1.46. The van der Waals surface area contributed by atoms with Crippen molar-refractivity contribution < 1.29 is 14.3 Å². The first-order valence-electron chi connectivity index (χ1n) is 11.6. The Morgan fingerprint density at radius 3 is 2.83 bits per heavy atom. The zero-order chi connectivity index (χ0) is 20.9. The molecule has 0 aromatic heterocycles. The van der Waals surface area contributed by atoms with E-state index in [1.54, 1.807) is 0 Å². The van der Waals surface area contributed by atoms with Gasteiger partial charge in [-0.2, -0.15) is 0 Å². The van der Waals surface area contributed by atoms with Crippen LogP contribution in [0.1, 0.15) is 56.6 Å². The molecular formula is C24H35N3O3. The molecule has 0 spiro atoms. The number of benzene rings is 1. The topological polar surface area (TPSA) is 61.9 Å². The lowest BCUT2D eigenvalue weighted by molar-refractivity contribution is -0.133. The normalized spacial score (nSPS) is 22.0. The van der Waals surface area contributed by atoms with Crippen molar-refractivity contribution in [2.45, 2.75) is 64.5 Å². The molecule has 6 heteroatoms. The minimum Gasteiger partial charge on any atom is -0.491 e. The van der Waals surface area contributed by atoms with Gasteiger partial charge in [0, 0.05) is 43.6 Å². The van der Waals surface area contributed by atoms with Crippen molar-refractivity contribution in [3.05, 3.63) is 29.3 Å². The molecular weight excluding hydrogens is 378 g/mol. The van der Waals surface area contributed by atoms with Crippen molar-refractivity contribution in [2.24, 2.45) is 5.92 Å². The van der Waals surface area contributed by atoms with Crippen LogP contribution in [0.2, 0.25) is 0 Å². The molecule has 2 heterocycles. The molecule has 1 saturated carbocycles. The largest absolute Gasteiger partial charge is 0.491 e. The Balaban J connectivity index is 1.24. The molecule has 1 N–H and O–H groups in total. The number of hydrogen-bond acceptors (Lipinski definition) is 4. The van der Waals surface area contributed by atoms with Crippen molar-refractivity contribution in [2.75, 3.05) is 32.8 Å². The number of aryl methyl sites for hydroxylation is 1. The van der Waals surface area contributed by atoms with Crippen LogP contribution in [0.5, 0.6) is 5.75 Å². The molecule has 1 atom stereocenters. The quantitative estimate of drug-likeness (QED) is 0.747. The van der Waals surface area contributed by atoms with Crippen LogP contribution >= 0.6 is 0 Å². The van der Waals surface area contributed by atoms with E-state index in [0.29, 0.717) is 38.6 Å². The van der Waals surface area contributed by atoms with Gasteiger partial charge in [0.05, 0.1) is 6.54 Å². The number of amides is 2. The predicted octanol–water partition coefficient (Wildman–Crippen LogP) is 2.74. The summed E-state index contributed by atoms with van der Waals surface area (Å²) < 4.78 is 5.85. The van der Waals surface area contributed by atoms with Gasteiger partial charge >= 0.3 is 0 Å². The highest BCUT2D eigenvalue weighted by atomic mass is 16.5. The molecule has 1 aromatic carbocycles. The fraction of sp³-hybridized carbons (Fsp3) is 0.667. The van der Waals surface area contributed by atoms with Gasteiger partial charge in [-0.05, 0) is 57.2 Å². The van der Waals surface area contributed by atoms with E-state index in [1.165, 1.54) is 19.3 Å². The van der Waals surface area contributed by atoms with Gasteiger partial charge in [-0.3, -0.25) is 14.5 Å². The summed E-state index contributed by atoms with van der Waals surface area (Å²) in [5, 5.41) is 3.08. The molecule has 1 aromatic rings. The van der Waals surface area contributed by atoms with Crippen LogP contribution in [-0.4, -0.2) is 60.4 Å². The number of piperidine rings is 1. The van der Waals surface area contributed by atoms with Crippen LogP contribution < -0.4 is 10.1 Å². The van der Waals surface area contributed by atoms with Crippen molar-refractivity contribution in [1.29, 1.82) is 0 Å². The van der Waals surface area contributed by atoms with E-state index in [-0.39, 0.29) is 17.7 Å². The van der Waals surface area contributed by atoms with Gasteiger partial charge in [-0.15, -0.1) is 0 Å². The maximum Gasteiger partial charge on any atom is 0.226 e. The van der Waals surface area contributed by atoms with Gasteiger partial charge in [0.1, 0.15) is 12.4 Å². The SMILES string of the molecule is CC1CCCCN1CCNC(=O)CCc1ccc2c(c1)CN(C(=O)C1CC1)CCO2. The van der Waals surface area contributed by atoms with E-state index in [0.717, 1.165) is 49.4 Å². The smallest absolute Gasteiger partial charge is 0.226 e. The molecule has 6 nitrogen and oxygen atoms in total. The lowest BCUT2D eigenvalue weighted by atomic mass is 10.0. The molecule has 1 unspecified atom stereocenters.